The van der Waals surface area contributed by atoms with Gasteiger partial charge in [0, 0.05) is 20.2 Å². The van der Waals surface area contributed by atoms with Gasteiger partial charge < -0.3 is 11.1 Å². The van der Waals surface area contributed by atoms with E-state index >= 15 is 0 Å². The monoisotopic (exact) mass is 410 g/mol. The lowest BCUT2D eigenvalue weighted by Crippen LogP contribution is -2.13. The molecule has 0 fully saturated rings. The van der Waals surface area contributed by atoms with Crippen LogP contribution in [-0.4, -0.2) is 5.91 Å². The minimum Gasteiger partial charge on any atom is -0.399 e. The van der Waals surface area contributed by atoms with Crippen LogP contribution in [0.1, 0.15) is 35.7 Å². The maximum atomic E-state index is 12.3. The zero-order valence-electron chi connectivity index (χ0n) is 11.8. The van der Waals surface area contributed by atoms with Crippen LogP contribution >= 0.6 is 31.9 Å². The van der Waals surface area contributed by atoms with Gasteiger partial charge in [0.25, 0.3) is 5.91 Å². The van der Waals surface area contributed by atoms with E-state index in [9.17, 15) is 4.79 Å². The van der Waals surface area contributed by atoms with Crippen LogP contribution < -0.4 is 11.1 Å². The lowest BCUT2D eigenvalue weighted by atomic mass is 10.0. The first-order chi connectivity index (χ1) is 9.88. The second-order valence-electron chi connectivity index (χ2n) is 5.09. The van der Waals surface area contributed by atoms with E-state index < -0.39 is 0 Å². The lowest BCUT2D eigenvalue weighted by Gasteiger charge is -2.11. The summed E-state index contributed by atoms with van der Waals surface area (Å²) in [7, 11) is 0. The molecule has 2 aromatic rings. The summed E-state index contributed by atoms with van der Waals surface area (Å²) in [5.74, 6) is 0.291. The molecular weight excluding hydrogens is 396 g/mol. The fourth-order valence-electron chi connectivity index (χ4n) is 1.92. The van der Waals surface area contributed by atoms with Crippen molar-refractivity contribution in [2.75, 3.05) is 11.1 Å². The summed E-state index contributed by atoms with van der Waals surface area (Å²) in [6, 6.07) is 11.1. The molecule has 3 nitrogen and oxygen atoms in total. The van der Waals surface area contributed by atoms with Gasteiger partial charge in [-0.1, -0.05) is 26.0 Å². The largest absolute Gasteiger partial charge is 0.399 e. The fourth-order valence-corrected chi connectivity index (χ4v) is 3.34. The number of nitrogens with one attached hydrogen (secondary N) is 1. The van der Waals surface area contributed by atoms with Crippen molar-refractivity contribution in [2.24, 2.45) is 0 Å². The Kier molecular flexibility index (Phi) is 5.06. The molecule has 0 aliphatic rings. The third kappa shape index (κ3) is 3.86. The van der Waals surface area contributed by atoms with E-state index in [4.69, 9.17) is 5.73 Å². The highest BCUT2D eigenvalue weighted by molar-refractivity contribution is 9.11. The molecule has 0 heterocycles. The SMILES string of the molecule is CC(C)c1ccc(C(=O)Nc2c(Br)cc(N)cc2Br)cc1. The van der Waals surface area contributed by atoms with Gasteiger partial charge in [-0.3, -0.25) is 4.79 Å². The zero-order valence-corrected chi connectivity index (χ0v) is 15.0. The summed E-state index contributed by atoms with van der Waals surface area (Å²) < 4.78 is 1.48. The highest BCUT2D eigenvalue weighted by Crippen LogP contribution is 2.33. The van der Waals surface area contributed by atoms with E-state index in [2.05, 4.69) is 51.0 Å². The Labute approximate surface area is 141 Å². The number of amides is 1. The molecule has 3 N–H and O–H groups in total. The molecule has 0 aliphatic heterocycles. The third-order valence-electron chi connectivity index (χ3n) is 3.14. The smallest absolute Gasteiger partial charge is 0.255 e. The van der Waals surface area contributed by atoms with Crippen molar-refractivity contribution in [1.29, 1.82) is 0 Å². The van der Waals surface area contributed by atoms with Crippen LogP contribution in [0, 0.1) is 0 Å². The molecule has 0 aliphatic carbocycles. The van der Waals surface area contributed by atoms with Gasteiger partial charge >= 0.3 is 0 Å². The van der Waals surface area contributed by atoms with Crippen LogP contribution in [0.2, 0.25) is 0 Å². The standard InChI is InChI=1S/C16H16Br2N2O/c1-9(2)10-3-5-11(6-4-10)16(21)20-15-13(17)7-12(19)8-14(15)18/h3-9H,19H2,1-2H3,(H,20,21). The number of nitrogen functional groups attached to an aromatic ring is 1. The van der Waals surface area contributed by atoms with Crippen LogP contribution in [-0.2, 0) is 0 Å². The number of hydrogen-bond acceptors (Lipinski definition) is 2. The van der Waals surface area contributed by atoms with Crippen molar-refractivity contribution in [3.63, 3.8) is 0 Å². The summed E-state index contributed by atoms with van der Waals surface area (Å²) in [6.07, 6.45) is 0. The molecule has 5 heteroatoms. The molecule has 0 bridgehead atoms. The normalized spacial score (nSPS) is 10.7. The van der Waals surface area contributed by atoms with E-state index in [1.165, 1.54) is 5.56 Å². The molecule has 0 aromatic heterocycles. The predicted molar refractivity (Wildman–Crippen MR) is 94.7 cm³/mol. The van der Waals surface area contributed by atoms with E-state index in [0.29, 0.717) is 22.9 Å². The number of benzene rings is 2. The second kappa shape index (κ2) is 6.62. The molecular formula is C16H16Br2N2O. The van der Waals surface area contributed by atoms with Gasteiger partial charge in [0.2, 0.25) is 0 Å². The minimum atomic E-state index is -0.156. The van der Waals surface area contributed by atoms with Gasteiger partial charge in [0.05, 0.1) is 5.69 Å². The number of anilines is 2. The number of halogens is 2. The Morgan fingerprint density at radius 1 is 1.10 bits per heavy atom. The molecule has 0 atom stereocenters. The van der Waals surface area contributed by atoms with Crippen LogP contribution in [0.4, 0.5) is 11.4 Å². The van der Waals surface area contributed by atoms with Crippen molar-refractivity contribution in [2.45, 2.75) is 19.8 Å². The van der Waals surface area contributed by atoms with Gasteiger partial charge in [-0.05, 0) is 67.6 Å². The minimum absolute atomic E-state index is 0.156. The Bertz CT molecular complexity index is 643. The van der Waals surface area contributed by atoms with Crippen LogP contribution in [0.15, 0.2) is 45.3 Å². The first-order valence-corrected chi connectivity index (χ1v) is 8.13. The molecule has 0 saturated carbocycles. The fraction of sp³-hybridized carbons (Fsp3) is 0.188. The molecule has 0 saturated heterocycles. The van der Waals surface area contributed by atoms with E-state index in [0.717, 1.165) is 8.95 Å². The Hall–Kier alpha value is -1.33. The number of hydrogen-bond donors (Lipinski definition) is 2. The lowest BCUT2D eigenvalue weighted by molar-refractivity contribution is 0.102. The molecule has 0 radical (unpaired) electrons. The van der Waals surface area contributed by atoms with Crippen LogP contribution in [0.25, 0.3) is 0 Å². The van der Waals surface area contributed by atoms with Gasteiger partial charge in [0.1, 0.15) is 0 Å². The van der Waals surface area contributed by atoms with Gasteiger partial charge in [-0.25, -0.2) is 0 Å². The topological polar surface area (TPSA) is 55.1 Å². The summed E-state index contributed by atoms with van der Waals surface area (Å²) >= 11 is 6.81. The number of carbonyl (C=O) groups is 1. The molecule has 0 spiro atoms. The predicted octanol–water partition coefficient (Wildman–Crippen LogP) is 5.17. The maximum Gasteiger partial charge on any atom is 0.255 e. The summed E-state index contributed by atoms with van der Waals surface area (Å²) in [4.78, 5) is 12.3. The zero-order chi connectivity index (χ0) is 15.6. The first-order valence-electron chi connectivity index (χ1n) is 6.54. The molecule has 0 unspecified atom stereocenters. The van der Waals surface area contributed by atoms with Gasteiger partial charge in [-0.15, -0.1) is 0 Å². The van der Waals surface area contributed by atoms with Crippen molar-refractivity contribution in [1.82, 2.24) is 0 Å². The number of nitrogens with two attached hydrogens (primary N) is 1. The van der Waals surface area contributed by atoms with Gasteiger partial charge in [-0.2, -0.15) is 0 Å². The van der Waals surface area contributed by atoms with E-state index in [1.54, 1.807) is 12.1 Å². The highest BCUT2D eigenvalue weighted by atomic mass is 79.9. The summed E-state index contributed by atoms with van der Waals surface area (Å²) in [5.41, 5.74) is 8.86. The molecule has 21 heavy (non-hydrogen) atoms. The number of carbonyl (C=O) groups excluding carboxylic acids is 1. The van der Waals surface area contributed by atoms with E-state index in [1.807, 2.05) is 24.3 Å². The van der Waals surface area contributed by atoms with Crippen molar-refractivity contribution in [3.05, 3.63) is 56.5 Å². The van der Waals surface area contributed by atoms with Crippen LogP contribution in [0.3, 0.4) is 0 Å². The Morgan fingerprint density at radius 3 is 2.10 bits per heavy atom. The molecule has 2 rings (SSSR count). The van der Waals surface area contributed by atoms with Crippen molar-refractivity contribution < 1.29 is 4.79 Å². The third-order valence-corrected chi connectivity index (χ3v) is 4.39. The first kappa shape index (κ1) is 16.0. The second-order valence-corrected chi connectivity index (χ2v) is 6.80. The summed E-state index contributed by atoms with van der Waals surface area (Å²) in [5, 5.41) is 2.88. The summed E-state index contributed by atoms with van der Waals surface area (Å²) in [6.45, 7) is 4.25. The van der Waals surface area contributed by atoms with Crippen molar-refractivity contribution in [3.8, 4) is 0 Å². The molecule has 1 amide bonds. The Morgan fingerprint density at radius 2 is 1.62 bits per heavy atom. The highest BCUT2D eigenvalue weighted by Gasteiger charge is 2.12. The average Bonchev–Trinajstić information content (AvgIpc) is 2.42. The quantitative estimate of drug-likeness (QED) is 0.684. The average molecular weight is 412 g/mol. The maximum absolute atomic E-state index is 12.3. The van der Waals surface area contributed by atoms with Crippen molar-refractivity contribution >= 4 is 49.1 Å². The Balaban J connectivity index is 2.22. The molecule has 2 aromatic carbocycles. The number of rotatable bonds is 3. The van der Waals surface area contributed by atoms with E-state index in [-0.39, 0.29) is 5.91 Å². The molecule has 110 valence electrons. The van der Waals surface area contributed by atoms with Gasteiger partial charge in [0.15, 0.2) is 0 Å². The van der Waals surface area contributed by atoms with Crippen LogP contribution in [0.5, 0.6) is 0 Å².